The first-order valence-corrected chi connectivity index (χ1v) is 6.53. The van der Waals surface area contributed by atoms with Gasteiger partial charge in [-0.1, -0.05) is 19.3 Å². The van der Waals surface area contributed by atoms with Gasteiger partial charge < -0.3 is 4.74 Å². The molecule has 2 heterocycles. The summed E-state index contributed by atoms with van der Waals surface area (Å²) >= 11 is 0. The number of aromatic nitrogens is 2. The number of fused-ring (bicyclic) bond motifs is 1. The minimum atomic E-state index is 0.426. The second-order valence-corrected chi connectivity index (χ2v) is 4.97. The summed E-state index contributed by atoms with van der Waals surface area (Å²) in [6.45, 7) is 1.28. The predicted octanol–water partition coefficient (Wildman–Crippen LogP) is 2.27. The number of nitrogens with zero attached hydrogens (tertiary/aromatic N) is 2. The Balaban J connectivity index is 1.97. The Kier molecular flexibility index (Phi) is 2.97. The molecule has 1 aromatic heterocycles. The summed E-state index contributed by atoms with van der Waals surface area (Å²) in [4.78, 5) is 11.3. The van der Waals surface area contributed by atoms with E-state index in [2.05, 4.69) is 5.10 Å². The quantitative estimate of drug-likeness (QED) is 0.737. The van der Waals surface area contributed by atoms with Crippen molar-refractivity contribution in [2.45, 2.75) is 51.2 Å². The molecule has 0 N–H and O–H groups in total. The Morgan fingerprint density at radius 1 is 1.29 bits per heavy atom. The van der Waals surface area contributed by atoms with Crippen molar-refractivity contribution in [2.75, 3.05) is 6.61 Å². The normalized spacial score (nSPS) is 21.2. The van der Waals surface area contributed by atoms with Crippen LogP contribution in [-0.4, -0.2) is 22.7 Å². The number of hydrogen-bond acceptors (Lipinski definition) is 3. The Labute approximate surface area is 101 Å². The molecule has 0 amide bonds. The molecule has 4 heteroatoms. The van der Waals surface area contributed by atoms with E-state index in [4.69, 9.17) is 4.74 Å². The fourth-order valence-corrected chi connectivity index (χ4v) is 2.96. The van der Waals surface area contributed by atoms with Crippen LogP contribution in [0.5, 0.6) is 0 Å². The van der Waals surface area contributed by atoms with Gasteiger partial charge in [0, 0.05) is 12.0 Å². The topological polar surface area (TPSA) is 44.1 Å². The largest absolute Gasteiger partial charge is 0.376 e. The first-order chi connectivity index (χ1) is 8.40. The second kappa shape index (κ2) is 4.61. The predicted molar refractivity (Wildman–Crippen MR) is 63.1 cm³/mol. The van der Waals surface area contributed by atoms with Crippen LogP contribution in [0.15, 0.2) is 0 Å². The van der Waals surface area contributed by atoms with Crippen molar-refractivity contribution in [3.05, 3.63) is 17.0 Å². The van der Waals surface area contributed by atoms with Gasteiger partial charge in [0.25, 0.3) is 0 Å². The third kappa shape index (κ3) is 1.90. The molecule has 0 aromatic carbocycles. The zero-order chi connectivity index (χ0) is 11.7. The molecule has 17 heavy (non-hydrogen) atoms. The summed E-state index contributed by atoms with van der Waals surface area (Å²) in [7, 11) is 0. The van der Waals surface area contributed by atoms with Gasteiger partial charge >= 0.3 is 0 Å². The highest BCUT2D eigenvalue weighted by molar-refractivity contribution is 5.75. The maximum atomic E-state index is 11.3. The molecule has 0 bridgehead atoms. The molecular weight excluding hydrogens is 216 g/mol. The highest BCUT2D eigenvalue weighted by Crippen LogP contribution is 2.31. The summed E-state index contributed by atoms with van der Waals surface area (Å²) in [6, 6.07) is 0.426. The van der Waals surface area contributed by atoms with Crippen LogP contribution in [0.3, 0.4) is 0 Å². The maximum absolute atomic E-state index is 11.3. The lowest BCUT2D eigenvalue weighted by Gasteiger charge is -2.23. The molecule has 1 fully saturated rings. The molecule has 2 aliphatic rings. The Bertz CT molecular complexity index is 419. The monoisotopic (exact) mass is 234 g/mol. The van der Waals surface area contributed by atoms with E-state index >= 15 is 0 Å². The van der Waals surface area contributed by atoms with Gasteiger partial charge in [-0.15, -0.1) is 0 Å². The van der Waals surface area contributed by atoms with E-state index in [-0.39, 0.29) is 0 Å². The average Bonchev–Trinajstić information content (AvgIpc) is 2.78. The smallest absolute Gasteiger partial charge is 0.168 e. The Hall–Kier alpha value is -1.16. The lowest BCUT2D eigenvalue weighted by atomic mass is 9.95. The molecule has 4 nitrogen and oxygen atoms in total. The number of aldehydes is 1. The molecule has 1 aliphatic heterocycles. The molecule has 0 unspecified atom stereocenters. The van der Waals surface area contributed by atoms with Gasteiger partial charge in [0.2, 0.25) is 0 Å². The number of rotatable bonds is 2. The van der Waals surface area contributed by atoms with Crippen molar-refractivity contribution >= 4 is 6.29 Å². The van der Waals surface area contributed by atoms with Crippen LogP contribution in [0.2, 0.25) is 0 Å². The number of carbonyl (C=O) groups excluding carboxylic acids is 1. The summed E-state index contributed by atoms with van der Waals surface area (Å²) < 4.78 is 7.40. The standard InChI is InChI=1S/C13H18N2O2/c16-8-13-11-9-17-7-6-12(11)14-15(13)10-4-2-1-3-5-10/h8,10H,1-7,9H2. The number of carbonyl (C=O) groups is 1. The van der Waals surface area contributed by atoms with Gasteiger partial charge in [0.15, 0.2) is 6.29 Å². The van der Waals surface area contributed by atoms with Crippen LogP contribution >= 0.6 is 0 Å². The first-order valence-electron chi connectivity index (χ1n) is 6.53. The lowest BCUT2D eigenvalue weighted by Crippen LogP contribution is -2.16. The van der Waals surface area contributed by atoms with Gasteiger partial charge in [-0.2, -0.15) is 5.10 Å². The highest BCUT2D eigenvalue weighted by Gasteiger charge is 2.25. The van der Waals surface area contributed by atoms with E-state index in [1.165, 1.54) is 19.3 Å². The molecule has 0 radical (unpaired) electrons. The van der Waals surface area contributed by atoms with Crippen LogP contribution < -0.4 is 0 Å². The van der Waals surface area contributed by atoms with E-state index in [9.17, 15) is 4.79 Å². The van der Waals surface area contributed by atoms with Crippen molar-refractivity contribution in [3.8, 4) is 0 Å². The minimum absolute atomic E-state index is 0.426. The molecule has 1 saturated carbocycles. The number of ether oxygens (including phenoxy) is 1. The summed E-state index contributed by atoms with van der Waals surface area (Å²) in [5, 5.41) is 4.65. The lowest BCUT2D eigenvalue weighted by molar-refractivity contribution is 0.105. The summed E-state index contributed by atoms with van der Waals surface area (Å²) in [5.41, 5.74) is 2.85. The minimum Gasteiger partial charge on any atom is -0.376 e. The number of hydrogen-bond donors (Lipinski definition) is 0. The fraction of sp³-hybridized carbons (Fsp3) is 0.692. The molecule has 0 atom stereocenters. The van der Waals surface area contributed by atoms with Gasteiger partial charge in [0.05, 0.1) is 24.9 Å². The van der Waals surface area contributed by atoms with Crippen LogP contribution in [0, 0.1) is 0 Å². The Morgan fingerprint density at radius 3 is 2.88 bits per heavy atom. The zero-order valence-electron chi connectivity index (χ0n) is 10.0. The van der Waals surface area contributed by atoms with Gasteiger partial charge in [-0.3, -0.25) is 9.48 Å². The zero-order valence-corrected chi connectivity index (χ0v) is 10.0. The average molecular weight is 234 g/mol. The van der Waals surface area contributed by atoms with E-state index in [1.807, 2.05) is 4.68 Å². The van der Waals surface area contributed by atoms with Crippen molar-refractivity contribution in [1.29, 1.82) is 0 Å². The molecule has 0 saturated heterocycles. The van der Waals surface area contributed by atoms with Crippen LogP contribution in [0.25, 0.3) is 0 Å². The third-order valence-corrected chi connectivity index (χ3v) is 3.89. The van der Waals surface area contributed by atoms with Crippen molar-refractivity contribution < 1.29 is 9.53 Å². The third-order valence-electron chi connectivity index (χ3n) is 3.89. The van der Waals surface area contributed by atoms with Crippen LogP contribution in [-0.2, 0) is 17.8 Å². The molecular formula is C13H18N2O2. The summed E-state index contributed by atoms with van der Waals surface area (Å²) in [6.07, 6.45) is 7.93. The van der Waals surface area contributed by atoms with E-state index < -0.39 is 0 Å². The molecule has 3 rings (SSSR count). The summed E-state index contributed by atoms with van der Waals surface area (Å²) in [5.74, 6) is 0. The maximum Gasteiger partial charge on any atom is 0.168 e. The first kappa shape index (κ1) is 11.0. The fourth-order valence-electron chi connectivity index (χ4n) is 2.96. The van der Waals surface area contributed by atoms with Crippen LogP contribution in [0.4, 0.5) is 0 Å². The van der Waals surface area contributed by atoms with Gasteiger partial charge in [0.1, 0.15) is 5.69 Å². The van der Waals surface area contributed by atoms with E-state index in [0.717, 1.165) is 49.1 Å². The highest BCUT2D eigenvalue weighted by atomic mass is 16.5. The SMILES string of the molecule is O=Cc1c2c(nn1C1CCCCC1)CCOC2. The van der Waals surface area contributed by atoms with Crippen molar-refractivity contribution in [1.82, 2.24) is 9.78 Å². The Morgan fingerprint density at radius 2 is 2.12 bits per heavy atom. The molecule has 1 aromatic rings. The van der Waals surface area contributed by atoms with Crippen LogP contribution in [0.1, 0.15) is 59.9 Å². The second-order valence-electron chi connectivity index (χ2n) is 4.97. The van der Waals surface area contributed by atoms with Gasteiger partial charge in [-0.25, -0.2) is 0 Å². The van der Waals surface area contributed by atoms with E-state index in [0.29, 0.717) is 12.6 Å². The molecule has 92 valence electrons. The van der Waals surface area contributed by atoms with E-state index in [1.54, 1.807) is 0 Å². The van der Waals surface area contributed by atoms with Crippen molar-refractivity contribution in [3.63, 3.8) is 0 Å². The van der Waals surface area contributed by atoms with Gasteiger partial charge in [-0.05, 0) is 12.8 Å². The molecule has 0 spiro atoms. The molecule has 1 aliphatic carbocycles. The van der Waals surface area contributed by atoms with Crippen molar-refractivity contribution in [2.24, 2.45) is 0 Å².